The number of methoxy groups -OCH3 is 3. The summed E-state index contributed by atoms with van der Waals surface area (Å²) in [6.07, 6.45) is 4.37. The summed E-state index contributed by atoms with van der Waals surface area (Å²) in [5, 5.41) is 13.4. The predicted molar refractivity (Wildman–Crippen MR) is 104 cm³/mol. The fourth-order valence-electron chi connectivity index (χ4n) is 3.49. The molecule has 1 aromatic rings. The first kappa shape index (κ1) is 21.2. The number of carbonyl (C=O) groups is 1. The summed E-state index contributed by atoms with van der Waals surface area (Å²) >= 11 is 0. The van der Waals surface area contributed by atoms with E-state index in [4.69, 9.17) is 14.2 Å². The second-order valence-corrected chi connectivity index (χ2v) is 7.23. The van der Waals surface area contributed by atoms with Crippen molar-refractivity contribution >= 4 is 6.03 Å². The molecule has 2 rings (SSSR count). The normalized spacial score (nSPS) is 16.5. The van der Waals surface area contributed by atoms with Gasteiger partial charge in [0.25, 0.3) is 0 Å². The van der Waals surface area contributed by atoms with E-state index >= 15 is 0 Å². The second-order valence-electron chi connectivity index (χ2n) is 7.23. The fraction of sp³-hybridized carbons (Fsp3) is 0.650. The van der Waals surface area contributed by atoms with E-state index in [9.17, 15) is 9.90 Å². The minimum atomic E-state index is -0.614. The monoisotopic (exact) mass is 380 g/mol. The van der Waals surface area contributed by atoms with E-state index in [1.54, 1.807) is 33.3 Å². The highest BCUT2D eigenvalue weighted by molar-refractivity contribution is 5.74. The lowest BCUT2D eigenvalue weighted by Gasteiger charge is -2.27. The first-order valence-electron chi connectivity index (χ1n) is 9.37. The average molecular weight is 380 g/mol. The predicted octanol–water partition coefficient (Wildman–Crippen LogP) is 3.11. The standard InChI is InChI=1S/C20H32N2O5/c1-14(15-12-16(25-3)18(27-5)17(13-15)26-4)21-19(23)22(2)11-10-20(24)8-6-7-9-20/h12-14,24H,6-11H2,1-5H3,(H,21,23)/t14-/m0/s1. The Morgan fingerprint density at radius 2 is 1.74 bits per heavy atom. The van der Waals surface area contributed by atoms with Crippen molar-refractivity contribution in [2.75, 3.05) is 34.9 Å². The summed E-state index contributed by atoms with van der Waals surface area (Å²) in [7, 11) is 6.42. The van der Waals surface area contributed by atoms with Crippen LogP contribution in [0.15, 0.2) is 12.1 Å². The highest BCUT2D eigenvalue weighted by Gasteiger charge is 2.31. The number of amides is 2. The molecule has 2 amide bonds. The van der Waals surface area contributed by atoms with Crippen molar-refractivity contribution in [3.8, 4) is 17.2 Å². The Morgan fingerprint density at radius 3 is 2.22 bits per heavy atom. The van der Waals surface area contributed by atoms with Crippen LogP contribution >= 0.6 is 0 Å². The quantitative estimate of drug-likeness (QED) is 0.724. The Kier molecular flexibility index (Phi) is 7.18. The van der Waals surface area contributed by atoms with E-state index in [1.165, 1.54) is 0 Å². The van der Waals surface area contributed by atoms with Crippen LogP contribution in [0.5, 0.6) is 17.2 Å². The third-order valence-electron chi connectivity index (χ3n) is 5.32. The number of hydrogen-bond donors (Lipinski definition) is 2. The van der Waals surface area contributed by atoms with Crippen LogP contribution in [0.25, 0.3) is 0 Å². The lowest BCUT2D eigenvalue weighted by atomic mass is 9.98. The number of rotatable bonds is 8. The van der Waals surface area contributed by atoms with E-state index < -0.39 is 5.60 Å². The Hall–Kier alpha value is -2.15. The third-order valence-corrected chi connectivity index (χ3v) is 5.32. The van der Waals surface area contributed by atoms with Crippen LogP contribution in [0.4, 0.5) is 4.79 Å². The number of aliphatic hydroxyl groups is 1. The summed E-state index contributed by atoms with van der Waals surface area (Å²) in [5.41, 5.74) is 0.234. The molecule has 0 spiro atoms. The number of hydrogen-bond acceptors (Lipinski definition) is 5. The van der Waals surface area contributed by atoms with Gasteiger partial charge in [0.2, 0.25) is 5.75 Å². The van der Waals surface area contributed by atoms with Crippen molar-refractivity contribution in [1.82, 2.24) is 10.2 Å². The molecule has 7 heteroatoms. The summed E-state index contributed by atoms with van der Waals surface area (Å²) in [6, 6.07) is 3.22. The molecule has 0 aliphatic heterocycles. The molecule has 0 unspecified atom stereocenters. The summed E-state index contributed by atoms with van der Waals surface area (Å²) < 4.78 is 16.1. The summed E-state index contributed by atoms with van der Waals surface area (Å²) in [5.74, 6) is 1.61. The van der Waals surface area contributed by atoms with Crippen LogP contribution in [0, 0.1) is 0 Å². The first-order valence-corrected chi connectivity index (χ1v) is 9.37. The molecule has 0 saturated heterocycles. The van der Waals surface area contributed by atoms with Gasteiger partial charge < -0.3 is 29.5 Å². The maximum atomic E-state index is 12.5. The smallest absolute Gasteiger partial charge is 0.317 e. The van der Waals surface area contributed by atoms with Crippen molar-refractivity contribution in [3.05, 3.63) is 17.7 Å². The Morgan fingerprint density at radius 1 is 1.19 bits per heavy atom. The van der Waals surface area contributed by atoms with Gasteiger partial charge in [0.1, 0.15) is 0 Å². The molecule has 1 aliphatic rings. The number of carbonyl (C=O) groups excluding carboxylic acids is 1. The molecule has 152 valence electrons. The van der Waals surface area contributed by atoms with Gasteiger partial charge >= 0.3 is 6.03 Å². The Balaban J connectivity index is 2.00. The van der Waals surface area contributed by atoms with Crippen LogP contribution in [0.2, 0.25) is 0 Å². The minimum absolute atomic E-state index is 0.183. The molecule has 2 N–H and O–H groups in total. The zero-order valence-electron chi connectivity index (χ0n) is 17.0. The minimum Gasteiger partial charge on any atom is -0.493 e. The van der Waals surface area contributed by atoms with Crippen LogP contribution in [0.1, 0.15) is 50.6 Å². The number of ether oxygens (including phenoxy) is 3. The van der Waals surface area contributed by atoms with Crippen LogP contribution in [-0.4, -0.2) is 56.6 Å². The molecular weight excluding hydrogens is 348 g/mol. The average Bonchev–Trinajstić information content (AvgIpc) is 3.11. The molecule has 0 heterocycles. The van der Waals surface area contributed by atoms with E-state index in [0.717, 1.165) is 31.2 Å². The van der Waals surface area contributed by atoms with Gasteiger partial charge in [-0.15, -0.1) is 0 Å². The largest absolute Gasteiger partial charge is 0.493 e. The van der Waals surface area contributed by atoms with E-state index in [1.807, 2.05) is 19.1 Å². The maximum Gasteiger partial charge on any atom is 0.317 e. The van der Waals surface area contributed by atoms with E-state index in [0.29, 0.717) is 30.2 Å². The van der Waals surface area contributed by atoms with Gasteiger partial charge in [-0.05, 0) is 43.9 Å². The number of urea groups is 1. The third kappa shape index (κ3) is 5.19. The van der Waals surface area contributed by atoms with Gasteiger partial charge in [0.15, 0.2) is 11.5 Å². The maximum absolute atomic E-state index is 12.5. The van der Waals surface area contributed by atoms with Crippen LogP contribution < -0.4 is 19.5 Å². The molecule has 1 fully saturated rings. The summed E-state index contributed by atoms with van der Waals surface area (Å²) in [4.78, 5) is 14.1. The van der Waals surface area contributed by atoms with Gasteiger partial charge in [0.05, 0.1) is 33.0 Å². The molecule has 7 nitrogen and oxygen atoms in total. The Bertz CT molecular complexity index is 618. The molecule has 0 bridgehead atoms. The molecule has 0 radical (unpaired) electrons. The molecule has 1 aromatic carbocycles. The molecular formula is C20H32N2O5. The van der Waals surface area contributed by atoms with Crippen molar-refractivity contribution < 1.29 is 24.1 Å². The van der Waals surface area contributed by atoms with Crippen molar-refractivity contribution in [1.29, 1.82) is 0 Å². The summed E-state index contributed by atoms with van der Waals surface area (Å²) in [6.45, 7) is 2.42. The van der Waals surface area contributed by atoms with Crippen molar-refractivity contribution in [2.24, 2.45) is 0 Å². The van der Waals surface area contributed by atoms with Gasteiger partial charge in [0, 0.05) is 13.6 Å². The lowest BCUT2D eigenvalue weighted by molar-refractivity contribution is 0.0330. The second kappa shape index (κ2) is 9.17. The molecule has 1 aliphatic carbocycles. The number of nitrogens with one attached hydrogen (secondary N) is 1. The SMILES string of the molecule is COc1cc([C@H](C)NC(=O)N(C)CCC2(O)CCCC2)cc(OC)c1OC. The van der Waals surface area contributed by atoms with Crippen molar-refractivity contribution in [2.45, 2.75) is 50.7 Å². The first-order chi connectivity index (χ1) is 12.8. The fourth-order valence-corrected chi connectivity index (χ4v) is 3.49. The molecule has 0 aromatic heterocycles. The zero-order chi connectivity index (χ0) is 20.0. The van der Waals surface area contributed by atoms with Crippen LogP contribution in [0.3, 0.4) is 0 Å². The highest BCUT2D eigenvalue weighted by Crippen LogP contribution is 2.39. The topological polar surface area (TPSA) is 80.3 Å². The molecule has 1 saturated carbocycles. The highest BCUT2D eigenvalue weighted by atomic mass is 16.5. The van der Waals surface area contributed by atoms with E-state index in [-0.39, 0.29) is 12.1 Å². The number of nitrogens with zero attached hydrogens (tertiary/aromatic N) is 1. The number of benzene rings is 1. The van der Waals surface area contributed by atoms with Gasteiger partial charge in [-0.3, -0.25) is 0 Å². The van der Waals surface area contributed by atoms with Gasteiger partial charge in [-0.1, -0.05) is 12.8 Å². The van der Waals surface area contributed by atoms with Gasteiger partial charge in [-0.2, -0.15) is 0 Å². The van der Waals surface area contributed by atoms with Gasteiger partial charge in [-0.25, -0.2) is 4.79 Å². The lowest BCUT2D eigenvalue weighted by Crippen LogP contribution is -2.41. The van der Waals surface area contributed by atoms with Crippen LogP contribution in [-0.2, 0) is 0 Å². The Labute approximate surface area is 161 Å². The van der Waals surface area contributed by atoms with Crippen molar-refractivity contribution in [3.63, 3.8) is 0 Å². The molecule has 27 heavy (non-hydrogen) atoms. The van der Waals surface area contributed by atoms with E-state index in [2.05, 4.69) is 5.32 Å². The molecule has 1 atom stereocenters. The zero-order valence-corrected chi connectivity index (χ0v) is 17.0.